The van der Waals surface area contributed by atoms with Crippen molar-refractivity contribution in [2.45, 2.75) is 27.0 Å². The predicted molar refractivity (Wildman–Crippen MR) is 97.5 cm³/mol. The number of halogens is 1. The first-order valence-electron chi connectivity index (χ1n) is 8.06. The van der Waals surface area contributed by atoms with Crippen LogP contribution in [0.25, 0.3) is 0 Å². The third-order valence-corrected chi connectivity index (χ3v) is 4.00. The Morgan fingerprint density at radius 1 is 1.16 bits per heavy atom. The topological polar surface area (TPSA) is 67.8 Å². The number of nitrogens with one attached hydrogen (secondary N) is 1. The van der Waals surface area contributed by atoms with E-state index in [2.05, 4.69) is 5.32 Å². The van der Waals surface area contributed by atoms with Gasteiger partial charge in [0, 0.05) is 17.6 Å². The molecule has 2 aromatic rings. The van der Waals surface area contributed by atoms with Crippen LogP contribution < -0.4 is 14.8 Å². The van der Waals surface area contributed by atoms with Gasteiger partial charge >= 0.3 is 5.97 Å². The molecule has 0 amide bonds. The number of benzene rings is 2. The van der Waals surface area contributed by atoms with Crippen molar-refractivity contribution in [1.82, 2.24) is 5.32 Å². The predicted octanol–water partition coefficient (Wildman–Crippen LogP) is 3.80. The Hall–Kier alpha value is -2.24. The number of rotatable bonds is 9. The smallest absolute Gasteiger partial charge is 0.317 e. The maximum Gasteiger partial charge on any atom is 0.317 e. The molecule has 0 aliphatic rings. The minimum Gasteiger partial charge on any atom is -0.490 e. The first-order chi connectivity index (χ1) is 12.0. The zero-order chi connectivity index (χ0) is 18.2. The summed E-state index contributed by atoms with van der Waals surface area (Å²) < 4.78 is 11.6. The summed E-state index contributed by atoms with van der Waals surface area (Å²) in [5.74, 6) is 0.240. The molecule has 134 valence electrons. The number of ether oxygens (including phenoxy) is 2. The highest BCUT2D eigenvalue weighted by molar-refractivity contribution is 6.31. The second kappa shape index (κ2) is 9.30. The summed E-state index contributed by atoms with van der Waals surface area (Å²) in [6, 6.07) is 11.5. The van der Waals surface area contributed by atoms with Gasteiger partial charge in [0.15, 0.2) is 11.5 Å². The molecule has 0 fully saturated rings. The van der Waals surface area contributed by atoms with Crippen LogP contribution >= 0.6 is 11.6 Å². The lowest BCUT2D eigenvalue weighted by Gasteiger charge is -2.16. The number of aliphatic carboxylic acids is 1. The van der Waals surface area contributed by atoms with Crippen LogP contribution in [0.5, 0.6) is 11.5 Å². The van der Waals surface area contributed by atoms with Gasteiger partial charge in [-0.1, -0.05) is 35.9 Å². The molecule has 0 aromatic heterocycles. The molecule has 2 aromatic carbocycles. The fraction of sp³-hybridized carbons (Fsp3) is 0.316. The van der Waals surface area contributed by atoms with Crippen molar-refractivity contribution in [2.24, 2.45) is 0 Å². The molecule has 0 aliphatic carbocycles. The average molecular weight is 364 g/mol. The molecule has 6 heteroatoms. The second-order valence-corrected chi connectivity index (χ2v) is 5.94. The summed E-state index contributed by atoms with van der Waals surface area (Å²) in [5.41, 5.74) is 3.00. The van der Waals surface area contributed by atoms with Gasteiger partial charge in [0.25, 0.3) is 0 Å². The summed E-state index contributed by atoms with van der Waals surface area (Å²) in [6.45, 7) is 5.04. The van der Waals surface area contributed by atoms with E-state index < -0.39 is 5.97 Å². The Balaban J connectivity index is 2.15. The molecule has 0 saturated heterocycles. The molecule has 0 atom stereocenters. The van der Waals surface area contributed by atoms with Crippen LogP contribution in [0.2, 0.25) is 5.02 Å². The van der Waals surface area contributed by atoms with Crippen LogP contribution in [0, 0.1) is 6.92 Å². The van der Waals surface area contributed by atoms with Crippen LogP contribution in [0.15, 0.2) is 36.4 Å². The minimum atomic E-state index is -0.917. The minimum absolute atomic E-state index is 0.133. The third-order valence-electron chi connectivity index (χ3n) is 3.65. The highest BCUT2D eigenvalue weighted by Gasteiger charge is 2.12. The number of carboxylic acid groups (broad SMARTS) is 1. The average Bonchev–Trinajstić information content (AvgIpc) is 2.57. The van der Waals surface area contributed by atoms with E-state index >= 15 is 0 Å². The SMILES string of the molecule is CCOc1cc(CNCC(=O)O)c(Cl)cc1OCc1ccccc1C. The van der Waals surface area contributed by atoms with Gasteiger partial charge < -0.3 is 19.9 Å². The maximum atomic E-state index is 10.6. The van der Waals surface area contributed by atoms with E-state index in [-0.39, 0.29) is 6.54 Å². The fourth-order valence-corrected chi connectivity index (χ4v) is 2.55. The maximum absolute atomic E-state index is 10.6. The van der Waals surface area contributed by atoms with Crippen molar-refractivity contribution in [1.29, 1.82) is 0 Å². The van der Waals surface area contributed by atoms with E-state index in [0.717, 1.165) is 16.7 Å². The number of carboxylic acids is 1. The third kappa shape index (κ3) is 5.66. The van der Waals surface area contributed by atoms with Gasteiger partial charge in [0.05, 0.1) is 13.2 Å². The van der Waals surface area contributed by atoms with Crippen molar-refractivity contribution in [3.05, 3.63) is 58.1 Å². The fourth-order valence-electron chi connectivity index (χ4n) is 2.33. The van der Waals surface area contributed by atoms with Crippen molar-refractivity contribution < 1.29 is 19.4 Å². The zero-order valence-electron chi connectivity index (χ0n) is 14.3. The summed E-state index contributed by atoms with van der Waals surface area (Å²) in [5, 5.41) is 12.0. The summed E-state index contributed by atoms with van der Waals surface area (Å²) >= 11 is 6.31. The largest absolute Gasteiger partial charge is 0.490 e. The van der Waals surface area contributed by atoms with Crippen molar-refractivity contribution in [3.8, 4) is 11.5 Å². The Bertz CT molecular complexity index is 733. The molecule has 2 N–H and O–H groups in total. The van der Waals surface area contributed by atoms with Gasteiger partial charge in [-0.25, -0.2) is 0 Å². The molecule has 0 radical (unpaired) electrons. The van der Waals surface area contributed by atoms with Crippen molar-refractivity contribution in [3.63, 3.8) is 0 Å². The molecule has 0 heterocycles. The molecule has 0 spiro atoms. The standard InChI is InChI=1S/C19H22ClNO4/c1-3-24-17-8-15(10-21-11-19(22)23)16(20)9-18(17)25-12-14-7-5-4-6-13(14)2/h4-9,21H,3,10-12H2,1-2H3,(H,22,23). The van der Waals surface area contributed by atoms with E-state index in [4.69, 9.17) is 26.2 Å². The normalized spacial score (nSPS) is 10.5. The van der Waals surface area contributed by atoms with E-state index in [9.17, 15) is 4.79 Å². The summed E-state index contributed by atoms with van der Waals surface area (Å²) in [6.07, 6.45) is 0. The van der Waals surface area contributed by atoms with E-state index in [1.54, 1.807) is 12.1 Å². The second-order valence-electron chi connectivity index (χ2n) is 5.54. The Morgan fingerprint density at radius 2 is 1.88 bits per heavy atom. The van der Waals surface area contributed by atoms with E-state index in [0.29, 0.717) is 36.3 Å². The van der Waals surface area contributed by atoms with Crippen LogP contribution in [-0.4, -0.2) is 24.2 Å². The monoisotopic (exact) mass is 363 g/mol. The number of aryl methyl sites for hydroxylation is 1. The van der Waals surface area contributed by atoms with Crippen LogP contribution in [-0.2, 0) is 17.9 Å². The Labute approximate surface area is 152 Å². The van der Waals surface area contributed by atoms with Gasteiger partial charge in [-0.05, 0) is 36.6 Å². The highest BCUT2D eigenvalue weighted by Crippen LogP contribution is 2.34. The number of hydrogen-bond donors (Lipinski definition) is 2. The molecular weight excluding hydrogens is 342 g/mol. The van der Waals surface area contributed by atoms with Gasteiger partial charge in [-0.15, -0.1) is 0 Å². The van der Waals surface area contributed by atoms with Gasteiger partial charge in [-0.3, -0.25) is 4.79 Å². The zero-order valence-corrected chi connectivity index (χ0v) is 15.1. The number of carbonyl (C=O) groups is 1. The Kier molecular flexibility index (Phi) is 7.10. The lowest BCUT2D eigenvalue weighted by Crippen LogP contribution is -2.22. The molecule has 0 bridgehead atoms. The quantitative estimate of drug-likeness (QED) is 0.709. The molecule has 0 saturated carbocycles. The molecule has 25 heavy (non-hydrogen) atoms. The van der Waals surface area contributed by atoms with Gasteiger partial charge in [0.2, 0.25) is 0 Å². The first-order valence-corrected chi connectivity index (χ1v) is 8.44. The Morgan fingerprint density at radius 3 is 2.56 bits per heavy atom. The van der Waals surface area contributed by atoms with E-state index in [1.807, 2.05) is 38.1 Å². The lowest BCUT2D eigenvalue weighted by molar-refractivity contribution is -0.135. The lowest BCUT2D eigenvalue weighted by atomic mass is 10.1. The molecule has 5 nitrogen and oxygen atoms in total. The molecule has 0 unspecified atom stereocenters. The highest BCUT2D eigenvalue weighted by atomic mass is 35.5. The first kappa shape index (κ1) is 19.1. The number of hydrogen-bond acceptors (Lipinski definition) is 4. The van der Waals surface area contributed by atoms with E-state index in [1.165, 1.54) is 0 Å². The molecular formula is C19H22ClNO4. The van der Waals surface area contributed by atoms with Crippen LogP contribution in [0.3, 0.4) is 0 Å². The molecule has 2 rings (SSSR count). The summed E-state index contributed by atoms with van der Waals surface area (Å²) in [4.78, 5) is 10.6. The van der Waals surface area contributed by atoms with Gasteiger partial charge in [-0.2, -0.15) is 0 Å². The van der Waals surface area contributed by atoms with Gasteiger partial charge in [0.1, 0.15) is 6.61 Å². The molecule has 0 aliphatic heterocycles. The van der Waals surface area contributed by atoms with Crippen LogP contribution in [0.1, 0.15) is 23.6 Å². The summed E-state index contributed by atoms with van der Waals surface area (Å²) in [7, 11) is 0. The van der Waals surface area contributed by atoms with Crippen LogP contribution in [0.4, 0.5) is 0 Å². The van der Waals surface area contributed by atoms with Crippen molar-refractivity contribution >= 4 is 17.6 Å². The van der Waals surface area contributed by atoms with Crippen molar-refractivity contribution in [2.75, 3.05) is 13.2 Å².